The summed E-state index contributed by atoms with van der Waals surface area (Å²) in [4.78, 5) is 15.5. The molecule has 2 aromatic rings. The zero-order valence-corrected chi connectivity index (χ0v) is 17.8. The molecule has 29 heavy (non-hydrogen) atoms. The maximum absolute atomic E-state index is 13.0. The lowest BCUT2D eigenvalue weighted by Gasteiger charge is -2.19. The Labute approximate surface area is 179 Å². The highest BCUT2D eigenvalue weighted by atomic mass is 35.5. The van der Waals surface area contributed by atoms with Crippen molar-refractivity contribution >= 4 is 11.6 Å². The van der Waals surface area contributed by atoms with Crippen LogP contribution in [0, 0.1) is 0 Å². The lowest BCUT2D eigenvalue weighted by Crippen LogP contribution is -3.00. The average molecular weight is 413 g/mol. The highest BCUT2D eigenvalue weighted by molar-refractivity contribution is 5.97. The van der Waals surface area contributed by atoms with Crippen molar-refractivity contribution in [1.29, 1.82) is 0 Å². The Morgan fingerprint density at radius 2 is 1.83 bits per heavy atom. The van der Waals surface area contributed by atoms with Gasteiger partial charge in [-0.1, -0.05) is 30.3 Å². The summed E-state index contributed by atoms with van der Waals surface area (Å²) in [5, 5.41) is 0. The summed E-state index contributed by atoms with van der Waals surface area (Å²) in [6, 6.07) is 18.6. The quantitative estimate of drug-likeness (QED) is 0.530. The molecule has 0 radical (unpaired) electrons. The number of hydrogen-bond donors (Lipinski definition) is 0. The van der Waals surface area contributed by atoms with Gasteiger partial charge in [-0.15, -0.1) is 0 Å². The molecule has 0 N–H and O–H groups in total. The molecule has 0 aliphatic carbocycles. The molecule has 1 saturated heterocycles. The van der Waals surface area contributed by atoms with E-state index >= 15 is 0 Å². The number of amidine groups is 1. The van der Waals surface area contributed by atoms with Gasteiger partial charge in [0.15, 0.2) is 6.04 Å². The number of carbonyl (C=O) groups excluding carboxylic acids is 1. The normalized spacial score (nSPS) is 18.7. The maximum atomic E-state index is 13.0. The first-order chi connectivity index (χ1) is 13.8. The summed E-state index contributed by atoms with van der Waals surface area (Å²) >= 11 is 0. The van der Waals surface area contributed by atoms with Crippen LogP contribution < -0.4 is 17.1 Å². The predicted molar refractivity (Wildman–Crippen MR) is 111 cm³/mol. The minimum atomic E-state index is 0. The molecule has 0 saturated carbocycles. The molecule has 0 amide bonds. The van der Waals surface area contributed by atoms with Crippen LogP contribution in [0.25, 0.3) is 0 Å². The van der Waals surface area contributed by atoms with Crippen LogP contribution >= 0.6 is 0 Å². The highest BCUT2D eigenvalue weighted by Crippen LogP contribution is 2.30. The Morgan fingerprint density at radius 3 is 2.55 bits per heavy atom. The fourth-order valence-electron chi connectivity index (χ4n) is 4.39. The van der Waals surface area contributed by atoms with Crippen molar-refractivity contribution in [2.24, 2.45) is 0 Å². The molecule has 0 bridgehead atoms. The van der Waals surface area contributed by atoms with E-state index in [1.165, 1.54) is 30.7 Å². The van der Waals surface area contributed by atoms with E-state index < -0.39 is 0 Å². The Kier molecular flexibility index (Phi) is 7.32. The molecule has 0 spiro atoms. The third-order valence-corrected chi connectivity index (χ3v) is 5.77. The molecule has 2 aliphatic rings. The minimum Gasteiger partial charge on any atom is -1.00 e. The zero-order chi connectivity index (χ0) is 19.3. The van der Waals surface area contributed by atoms with Crippen LogP contribution in [0.4, 0.5) is 0 Å². The largest absolute Gasteiger partial charge is 1.00 e. The molecular formula is C24H29ClN2O2. The van der Waals surface area contributed by atoms with E-state index in [0.717, 1.165) is 30.8 Å². The highest BCUT2D eigenvalue weighted by Gasteiger charge is 2.41. The Balaban J connectivity index is 0.00000240. The number of fused-ring (bicyclic) bond motifs is 1. The summed E-state index contributed by atoms with van der Waals surface area (Å²) in [7, 11) is 0. The first-order valence-electron chi connectivity index (χ1n) is 10.4. The number of ketones is 1. The molecule has 154 valence electrons. The zero-order valence-electron chi connectivity index (χ0n) is 17.0. The first kappa shape index (κ1) is 21.4. The predicted octanol–water partition coefficient (Wildman–Crippen LogP) is 1.31. The number of halogens is 1. The standard InChI is InChI=1S/C24H29N2O2.ClH/c1-2-28-21-14-12-20(13-15-21)23(27)18-25-17-22(19-9-5-3-6-10-19)26-16-8-4-7-11-24(25)26;/h3,5-6,9-10,12-15,22H,2,4,7-8,11,16-18H2,1H3;1H/q+1;/p-1. The van der Waals surface area contributed by atoms with E-state index in [1.54, 1.807) is 0 Å². The molecule has 2 aromatic carbocycles. The van der Waals surface area contributed by atoms with Crippen LogP contribution in [-0.2, 0) is 0 Å². The van der Waals surface area contributed by atoms with Crippen molar-refractivity contribution in [3.05, 3.63) is 65.7 Å². The molecule has 5 heteroatoms. The van der Waals surface area contributed by atoms with E-state index in [2.05, 4.69) is 39.8 Å². The van der Waals surface area contributed by atoms with Crippen molar-refractivity contribution < 1.29 is 26.5 Å². The second kappa shape index (κ2) is 9.93. The summed E-state index contributed by atoms with van der Waals surface area (Å²) in [6.07, 6.45) is 4.77. The van der Waals surface area contributed by atoms with E-state index in [1.807, 2.05) is 31.2 Å². The Bertz CT molecular complexity index is 849. The van der Waals surface area contributed by atoms with Gasteiger partial charge < -0.3 is 17.1 Å². The molecule has 4 nitrogen and oxygen atoms in total. The van der Waals surface area contributed by atoms with Crippen LogP contribution in [0.2, 0.25) is 0 Å². The summed E-state index contributed by atoms with van der Waals surface area (Å²) in [5.41, 5.74) is 2.10. The van der Waals surface area contributed by atoms with E-state index in [4.69, 9.17) is 4.74 Å². The molecule has 2 aliphatic heterocycles. The number of hydrogen-bond acceptors (Lipinski definition) is 3. The first-order valence-corrected chi connectivity index (χ1v) is 10.4. The topological polar surface area (TPSA) is 32.6 Å². The molecular weight excluding hydrogens is 384 g/mol. The number of nitrogens with zero attached hydrogens (tertiary/aromatic N) is 2. The average Bonchev–Trinajstić information content (AvgIpc) is 2.90. The number of carbonyl (C=O) groups is 1. The lowest BCUT2D eigenvalue weighted by atomic mass is 10.1. The Morgan fingerprint density at radius 1 is 1.07 bits per heavy atom. The van der Waals surface area contributed by atoms with Gasteiger partial charge in [-0.25, -0.2) is 0 Å². The van der Waals surface area contributed by atoms with Gasteiger partial charge in [-0.3, -0.25) is 14.3 Å². The van der Waals surface area contributed by atoms with Gasteiger partial charge in [-0.2, -0.15) is 0 Å². The SMILES string of the molecule is CCOc1ccc(C(=O)C[N+]2=C3CCCCCN3C(c3ccccc3)C2)cc1.[Cl-]. The lowest BCUT2D eigenvalue weighted by molar-refractivity contribution is -0.509. The molecule has 2 heterocycles. The fraction of sp³-hybridized carbons (Fsp3) is 0.417. The number of Topliss-reactive ketones (excluding diaryl/α,β-unsaturated/α-hetero) is 1. The second-order valence-electron chi connectivity index (χ2n) is 7.61. The van der Waals surface area contributed by atoms with Crippen LogP contribution in [0.1, 0.15) is 54.6 Å². The van der Waals surface area contributed by atoms with Gasteiger partial charge in [0.2, 0.25) is 11.6 Å². The fourth-order valence-corrected chi connectivity index (χ4v) is 4.39. The van der Waals surface area contributed by atoms with Gasteiger partial charge >= 0.3 is 0 Å². The number of rotatable bonds is 6. The van der Waals surface area contributed by atoms with Gasteiger partial charge in [0, 0.05) is 17.5 Å². The third-order valence-electron chi connectivity index (χ3n) is 5.77. The van der Waals surface area contributed by atoms with Crippen LogP contribution in [0.5, 0.6) is 5.75 Å². The number of ether oxygens (including phenoxy) is 1. The monoisotopic (exact) mass is 412 g/mol. The van der Waals surface area contributed by atoms with Crippen molar-refractivity contribution in [3.63, 3.8) is 0 Å². The van der Waals surface area contributed by atoms with E-state index in [-0.39, 0.29) is 18.2 Å². The van der Waals surface area contributed by atoms with Crippen molar-refractivity contribution in [2.75, 3.05) is 26.2 Å². The summed E-state index contributed by atoms with van der Waals surface area (Å²) < 4.78 is 7.81. The van der Waals surface area contributed by atoms with Crippen molar-refractivity contribution in [2.45, 2.75) is 38.6 Å². The Hall–Kier alpha value is -2.33. The van der Waals surface area contributed by atoms with Crippen LogP contribution in [-0.4, -0.2) is 47.3 Å². The smallest absolute Gasteiger partial charge is 0.248 e. The molecule has 4 rings (SSSR count). The molecule has 0 aromatic heterocycles. The van der Waals surface area contributed by atoms with Gasteiger partial charge in [0.05, 0.1) is 13.2 Å². The maximum Gasteiger partial charge on any atom is 0.248 e. The molecule has 1 atom stereocenters. The van der Waals surface area contributed by atoms with E-state index in [9.17, 15) is 4.79 Å². The van der Waals surface area contributed by atoms with Crippen LogP contribution in [0.15, 0.2) is 54.6 Å². The van der Waals surface area contributed by atoms with Gasteiger partial charge in [0.25, 0.3) is 0 Å². The van der Waals surface area contributed by atoms with Gasteiger partial charge in [0.1, 0.15) is 18.8 Å². The second-order valence-corrected chi connectivity index (χ2v) is 7.61. The molecule has 1 fully saturated rings. The van der Waals surface area contributed by atoms with Crippen molar-refractivity contribution in [1.82, 2.24) is 4.90 Å². The third kappa shape index (κ3) is 4.81. The minimum absolute atomic E-state index is 0. The van der Waals surface area contributed by atoms with E-state index in [0.29, 0.717) is 19.2 Å². The van der Waals surface area contributed by atoms with Crippen LogP contribution in [0.3, 0.4) is 0 Å². The summed E-state index contributed by atoms with van der Waals surface area (Å²) in [6.45, 7) is 5.02. The molecule has 1 unspecified atom stereocenters. The number of benzene rings is 2. The van der Waals surface area contributed by atoms with Gasteiger partial charge in [-0.05, 0) is 50.5 Å². The summed E-state index contributed by atoms with van der Waals surface area (Å²) in [5.74, 6) is 2.34. The van der Waals surface area contributed by atoms with Crippen molar-refractivity contribution in [3.8, 4) is 5.75 Å².